The first-order chi connectivity index (χ1) is 5.17. The van der Waals surface area contributed by atoms with E-state index in [0.717, 1.165) is 0 Å². The molecule has 0 aromatic rings. The van der Waals surface area contributed by atoms with Crippen molar-refractivity contribution in [3.63, 3.8) is 0 Å². The summed E-state index contributed by atoms with van der Waals surface area (Å²) in [7, 11) is 1.27. The van der Waals surface area contributed by atoms with Crippen molar-refractivity contribution < 1.29 is 19.7 Å². The van der Waals surface area contributed by atoms with Gasteiger partial charge in [-0.2, -0.15) is 0 Å². The Morgan fingerprint density at radius 1 is 1.73 bits per heavy atom. The molecule has 0 aliphatic rings. The molecule has 64 valence electrons. The molecule has 0 aromatic heterocycles. The van der Waals surface area contributed by atoms with Crippen LogP contribution in [-0.2, 0) is 14.4 Å². The first kappa shape index (κ1) is 10.1. The van der Waals surface area contributed by atoms with Crippen molar-refractivity contribution in [3.05, 3.63) is 12.7 Å². The van der Waals surface area contributed by atoms with Crippen molar-refractivity contribution in [2.45, 2.75) is 13.0 Å². The Hall–Kier alpha value is -0.870. The highest BCUT2D eigenvalue weighted by atomic mass is 17.1. The van der Waals surface area contributed by atoms with Crippen LogP contribution >= 0.6 is 0 Å². The SMILES string of the molecule is C=C[C@H](OO)[C@@H](C)C(=O)OC. The predicted octanol–water partition coefficient (Wildman–Crippen LogP) is 0.840. The number of ether oxygens (including phenoxy) is 1. The fraction of sp³-hybridized carbons (Fsp3) is 0.571. The molecule has 0 rings (SSSR count). The standard InChI is InChI=1S/C7H12O4/c1-4-6(11-9)5(2)7(8)10-3/h4-6,9H,1H2,2-3H3/t5-,6+/m1/s1. The fourth-order valence-corrected chi connectivity index (χ4v) is 0.658. The summed E-state index contributed by atoms with van der Waals surface area (Å²) in [4.78, 5) is 14.8. The third kappa shape index (κ3) is 2.69. The van der Waals surface area contributed by atoms with Gasteiger partial charge in [-0.15, -0.1) is 6.58 Å². The summed E-state index contributed by atoms with van der Waals surface area (Å²) in [6.45, 7) is 4.95. The van der Waals surface area contributed by atoms with Gasteiger partial charge in [0.15, 0.2) is 0 Å². The van der Waals surface area contributed by atoms with Crippen molar-refractivity contribution in [1.82, 2.24) is 0 Å². The van der Waals surface area contributed by atoms with Gasteiger partial charge in [-0.3, -0.25) is 10.1 Å². The van der Waals surface area contributed by atoms with E-state index in [-0.39, 0.29) is 0 Å². The van der Waals surface area contributed by atoms with E-state index >= 15 is 0 Å². The lowest BCUT2D eigenvalue weighted by atomic mass is 10.1. The van der Waals surface area contributed by atoms with Crippen molar-refractivity contribution in [2.75, 3.05) is 7.11 Å². The summed E-state index contributed by atoms with van der Waals surface area (Å²) in [6.07, 6.45) is 0.629. The van der Waals surface area contributed by atoms with Crippen molar-refractivity contribution >= 4 is 5.97 Å². The molecule has 2 atom stereocenters. The molecular formula is C7H12O4. The predicted molar refractivity (Wildman–Crippen MR) is 38.9 cm³/mol. The zero-order chi connectivity index (χ0) is 8.85. The van der Waals surface area contributed by atoms with Crippen LogP contribution in [0.1, 0.15) is 6.92 Å². The minimum absolute atomic E-state index is 0.441. The number of esters is 1. The van der Waals surface area contributed by atoms with Gasteiger partial charge in [0, 0.05) is 0 Å². The molecule has 0 unspecified atom stereocenters. The Bertz CT molecular complexity index is 143. The monoisotopic (exact) mass is 160 g/mol. The van der Waals surface area contributed by atoms with E-state index in [0.29, 0.717) is 0 Å². The van der Waals surface area contributed by atoms with E-state index in [9.17, 15) is 4.79 Å². The van der Waals surface area contributed by atoms with Crippen molar-refractivity contribution in [2.24, 2.45) is 5.92 Å². The van der Waals surface area contributed by atoms with Crippen LogP contribution in [0.4, 0.5) is 0 Å². The van der Waals surface area contributed by atoms with Crippen LogP contribution in [0.5, 0.6) is 0 Å². The zero-order valence-electron chi connectivity index (χ0n) is 6.61. The number of carbonyl (C=O) groups is 1. The Kier molecular flexibility index (Phi) is 4.49. The Morgan fingerprint density at radius 3 is 2.55 bits per heavy atom. The topological polar surface area (TPSA) is 55.8 Å². The molecular weight excluding hydrogens is 148 g/mol. The lowest BCUT2D eigenvalue weighted by molar-refractivity contribution is -0.275. The van der Waals surface area contributed by atoms with Crippen LogP contribution in [0.3, 0.4) is 0 Å². The molecule has 1 N–H and O–H groups in total. The molecule has 0 fully saturated rings. The van der Waals surface area contributed by atoms with Gasteiger partial charge < -0.3 is 4.74 Å². The highest BCUT2D eigenvalue weighted by Gasteiger charge is 2.22. The second-order valence-electron chi connectivity index (χ2n) is 2.12. The Labute approximate surface area is 65.4 Å². The number of hydrogen-bond donors (Lipinski definition) is 1. The zero-order valence-corrected chi connectivity index (χ0v) is 6.61. The first-order valence-corrected chi connectivity index (χ1v) is 3.18. The maximum Gasteiger partial charge on any atom is 0.311 e. The van der Waals surface area contributed by atoms with Gasteiger partial charge in [0.2, 0.25) is 0 Å². The highest BCUT2D eigenvalue weighted by molar-refractivity contribution is 5.72. The van der Waals surface area contributed by atoms with E-state index in [1.807, 2.05) is 0 Å². The number of hydrogen-bond acceptors (Lipinski definition) is 4. The van der Waals surface area contributed by atoms with E-state index in [4.69, 9.17) is 5.26 Å². The van der Waals surface area contributed by atoms with Gasteiger partial charge >= 0.3 is 5.97 Å². The van der Waals surface area contributed by atoms with Crippen LogP contribution in [-0.4, -0.2) is 24.4 Å². The minimum Gasteiger partial charge on any atom is -0.469 e. The van der Waals surface area contributed by atoms with Gasteiger partial charge in [-0.05, 0) is 6.92 Å². The lowest BCUT2D eigenvalue weighted by Crippen LogP contribution is -2.26. The maximum absolute atomic E-state index is 10.8. The second-order valence-corrected chi connectivity index (χ2v) is 2.12. The van der Waals surface area contributed by atoms with Gasteiger partial charge in [0.05, 0.1) is 13.0 Å². The van der Waals surface area contributed by atoms with Crippen LogP contribution in [0.15, 0.2) is 12.7 Å². The average molecular weight is 160 g/mol. The minimum atomic E-state index is -0.706. The molecule has 0 aromatic carbocycles. The largest absolute Gasteiger partial charge is 0.469 e. The molecule has 0 saturated heterocycles. The molecule has 0 spiro atoms. The molecule has 11 heavy (non-hydrogen) atoms. The first-order valence-electron chi connectivity index (χ1n) is 3.18. The van der Waals surface area contributed by atoms with Crippen molar-refractivity contribution in [1.29, 1.82) is 0 Å². The van der Waals surface area contributed by atoms with E-state index in [1.54, 1.807) is 6.92 Å². The van der Waals surface area contributed by atoms with Gasteiger partial charge in [-0.1, -0.05) is 6.08 Å². The van der Waals surface area contributed by atoms with E-state index < -0.39 is 18.0 Å². The highest BCUT2D eigenvalue weighted by Crippen LogP contribution is 2.08. The number of carbonyl (C=O) groups excluding carboxylic acids is 1. The van der Waals surface area contributed by atoms with Crippen LogP contribution < -0.4 is 0 Å². The smallest absolute Gasteiger partial charge is 0.311 e. The van der Waals surface area contributed by atoms with Crippen LogP contribution in [0.2, 0.25) is 0 Å². The van der Waals surface area contributed by atoms with E-state index in [1.165, 1.54) is 13.2 Å². The fourth-order valence-electron chi connectivity index (χ4n) is 0.658. The lowest BCUT2D eigenvalue weighted by Gasteiger charge is -2.14. The average Bonchev–Trinajstić information content (AvgIpc) is 2.05. The summed E-state index contributed by atoms with van der Waals surface area (Å²) in [5.74, 6) is -0.980. The normalized spacial score (nSPS) is 15.2. The van der Waals surface area contributed by atoms with Gasteiger partial charge in [0.1, 0.15) is 6.10 Å². The molecule has 0 aliphatic heterocycles. The quantitative estimate of drug-likeness (QED) is 0.286. The molecule has 0 saturated carbocycles. The molecule has 0 radical (unpaired) electrons. The summed E-state index contributed by atoms with van der Waals surface area (Å²) < 4.78 is 4.42. The number of rotatable bonds is 4. The van der Waals surface area contributed by atoms with Gasteiger partial charge in [0.25, 0.3) is 0 Å². The summed E-state index contributed by atoms with van der Waals surface area (Å²) >= 11 is 0. The van der Waals surface area contributed by atoms with E-state index in [2.05, 4.69) is 16.2 Å². The molecule has 0 amide bonds. The summed E-state index contributed by atoms with van der Waals surface area (Å²) in [5.41, 5.74) is 0. The van der Waals surface area contributed by atoms with Crippen LogP contribution in [0, 0.1) is 5.92 Å². The summed E-state index contributed by atoms with van der Waals surface area (Å²) in [5, 5.41) is 8.26. The molecule has 0 aliphatic carbocycles. The van der Waals surface area contributed by atoms with Crippen molar-refractivity contribution in [3.8, 4) is 0 Å². The Morgan fingerprint density at radius 2 is 2.27 bits per heavy atom. The molecule has 0 heterocycles. The Balaban J connectivity index is 4.07. The third-order valence-corrected chi connectivity index (χ3v) is 1.42. The second kappa shape index (κ2) is 4.87. The summed E-state index contributed by atoms with van der Waals surface area (Å²) in [6, 6.07) is 0. The van der Waals surface area contributed by atoms with Crippen LogP contribution in [0.25, 0.3) is 0 Å². The molecule has 4 heteroatoms. The maximum atomic E-state index is 10.8. The molecule has 4 nitrogen and oxygen atoms in total. The number of methoxy groups -OCH3 is 1. The van der Waals surface area contributed by atoms with Gasteiger partial charge in [-0.25, -0.2) is 4.89 Å². The third-order valence-electron chi connectivity index (χ3n) is 1.42. The molecule has 0 bridgehead atoms.